The maximum absolute atomic E-state index is 6.08. The van der Waals surface area contributed by atoms with Crippen molar-refractivity contribution in [3.8, 4) is 5.75 Å². The van der Waals surface area contributed by atoms with Gasteiger partial charge in [-0.2, -0.15) is 0 Å². The summed E-state index contributed by atoms with van der Waals surface area (Å²) in [6, 6.07) is 12.2. The molecule has 0 saturated carbocycles. The van der Waals surface area contributed by atoms with E-state index in [1.54, 1.807) is 12.4 Å². The molecule has 3 aromatic rings. The first kappa shape index (κ1) is 14.0. The van der Waals surface area contributed by atoms with Gasteiger partial charge in [0, 0.05) is 28.2 Å². The fraction of sp³-hybridized carbons (Fsp3) is 0.235. The SMILES string of the molecule is CC(C)n1c(COc2cccnc2)cc2cc(Cl)ccc21. The molecule has 3 nitrogen and oxygen atoms in total. The molecule has 2 heterocycles. The van der Waals surface area contributed by atoms with E-state index in [-0.39, 0.29) is 0 Å². The molecule has 0 aliphatic rings. The predicted octanol–water partition coefficient (Wildman–Crippen LogP) is 4.85. The molecule has 0 radical (unpaired) electrons. The third-order valence-corrected chi connectivity index (χ3v) is 3.65. The van der Waals surface area contributed by atoms with Crippen molar-refractivity contribution in [2.45, 2.75) is 26.5 Å². The second-order valence-corrected chi connectivity index (χ2v) is 5.72. The van der Waals surface area contributed by atoms with E-state index in [1.807, 2.05) is 24.3 Å². The summed E-state index contributed by atoms with van der Waals surface area (Å²) in [6.07, 6.45) is 3.46. The van der Waals surface area contributed by atoms with Crippen LogP contribution in [0.2, 0.25) is 5.02 Å². The Kier molecular flexibility index (Phi) is 3.84. The van der Waals surface area contributed by atoms with Gasteiger partial charge in [-0.15, -0.1) is 0 Å². The summed E-state index contributed by atoms with van der Waals surface area (Å²) in [5, 5.41) is 1.89. The number of hydrogen-bond donors (Lipinski definition) is 0. The van der Waals surface area contributed by atoms with Crippen LogP contribution in [0.5, 0.6) is 5.75 Å². The first-order valence-electron chi connectivity index (χ1n) is 6.97. The molecule has 0 aliphatic carbocycles. The Bertz CT molecular complexity index is 750. The fourth-order valence-electron chi connectivity index (χ4n) is 2.57. The smallest absolute Gasteiger partial charge is 0.138 e. The molecule has 21 heavy (non-hydrogen) atoms. The summed E-state index contributed by atoms with van der Waals surface area (Å²) in [7, 11) is 0. The highest BCUT2D eigenvalue weighted by Crippen LogP contribution is 2.27. The third-order valence-electron chi connectivity index (χ3n) is 3.42. The van der Waals surface area contributed by atoms with Crippen LogP contribution < -0.4 is 4.74 Å². The van der Waals surface area contributed by atoms with E-state index >= 15 is 0 Å². The first-order chi connectivity index (χ1) is 10.1. The lowest BCUT2D eigenvalue weighted by molar-refractivity contribution is 0.292. The number of nitrogens with zero attached hydrogens (tertiary/aromatic N) is 2. The fourth-order valence-corrected chi connectivity index (χ4v) is 2.76. The van der Waals surface area contributed by atoms with Crippen molar-refractivity contribution < 1.29 is 4.74 Å². The second-order valence-electron chi connectivity index (χ2n) is 5.28. The number of aromatic nitrogens is 2. The standard InChI is InChI=1S/C17H17ClN2O/c1-12(2)20-15(11-21-16-4-3-7-19-10-16)9-13-8-14(18)5-6-17(13)20/h3-10,12H,11H2,1-2H3. The van der Waals surface area contributed by atoms with Crippen molar-refractivity contribution in [2.75, 3.05) is 0 Å². The van der Waals surface area contributed by atoms with Gasteiger partial charge in [0.2, 0.25) is 0 Å². The van der Waals surface area contributed by atoms with Crippen molar-refractivity contribution in [2.24, 2.45) is 0 Å². The Morgan fingerprint density at radius 1 is 1.24 bits per heavy atom. The van der Waals surface area contributed by atoms with Crippen LogP contribution in [0.1, 0.15) is 25.6 Å². The van der Waals surface area contributed by atoms with Gasteiger partial charge in [0.25, 0.3) is 0 Å². The van der Waals surface area contributed by atoms with Gasteiger partial charge in [0.05, 0.1) is 11.9 Å². The third kappa shape index (κ3) is 2.88. The van der Waals surface area contributed by atoms with Crippen LogP contribution in [-0.2, 0) is 6.61 Å². The molecule has 3 rings (SSSR count). The van der Waals surface area contributed by atoms with E-state index in [0.717, 1.165) is 21.9 Å². The van der Waals surface area contributed by atoms with Crippen molar-refractivity contribution in [3.63, 3.8) is 0 Å². The largest absolute Gasteiger partial charge is 0.486 e. The molecular weight excluding hydrogens is 284 g/mol. The number of pyridine rings is 1. The minimum Gasteiger partial charge on any atom is -0.486 e. The second kappa shape index (κ2) is 5.78. The molecule has 4 heteroatoms. The van der Waals surface area contributed by atoms with Gasteiger partial charge >= 0.3 is 0 Å². The maximum atomic E-state index is 6.08. The van der Waals surface area contributed by atoms with Gasteiger partial charge in [-0.05, 0) is 50.2 Å². The molecule has 108 valence electrons. The van der Waals surface area contributed by atoms with Crippen LogP contribution in [0.4, 0.5) is 0 Å². The van der Waals surface area contributed by atoms with Crippen molar-refractivity contribution in [1.82, 2.24) is 9.55 Å². The zero-order chi connectivity index (χ0) is 14.8. The molecule has 2 aromatic heterocycles. The van der Waals surface area contributed by atoms with E-state index in [0.29, 0.717) is 12.6 Å². The Balaban J connectivity index is 1.95. The number of ether oxygens (including phenoxy) is 1. The molecule has 1 aromatic carbocycles. The van der Waals surface area contributed by atoms with Gasteiger partial charge in [0.1, 0.15) is 12.4 Å². The van der Waals surface area contributed by atoms with Gasteiger partial charge in [-0.3, -0.25) is 4.98 Å². The number of rotatable bonds is 4. The van der Waals surface area contributed by atoms with E-state index in [4.69, 9.17) is 16.3 Å². The molecule has 0 spiro atoms. The van der Waals surface area contributed by atoms with Gasteiger partial charge in [-0.1, -0.05) is 11.6 Å². The highest BCUT2D eigenvalue weighted by molar-refractivity contribution is 6.31. The van der Waals surface area contributed by atoms with Crippen LogP contribution in [0.15, 0.2) is 48.8 Å². The van der Waals surface area contributed by atoms with E-state index in [1.165, 1.54) is 5.52 Å². The van der Waals surface area contributed by atoms with Crippen LogP contribution in [-0.4, -0.2) is 9.55 Å². The molecule has 0 N–H and O–H groups in total. The molecule has 0 unspecified atom stereocenters. The maximum Gasteiger partial charge on any atom is 0.138 e. The Hall–Kier alpha value is -2.00. The quantitative estimate of drug-likeness (QED) is 0.688. The van der Waals surface area contributed by atoms with Crippen molar-refractivity contribution >= 4 is 22.5 Å². The average Bonchev–Trinajstić information content (AvgIpc) is 2.83. The summed E-state index contributed by atoms with van der Waals surface area (Å²) in [4.78, 5) is 4.06. The molecule has 0 bridgehead atoms. The van der Waals surface area contributed by atoms with Crippen molar-refractivity contribution in [3.05, 3.63) is 59.5 Å². The topological polar surface area (TPSA) is 27.1 Å². The van der Waals surface area contributed by atoms with Crippen molar-refractivity contribution in [1.29, 1.82) is 0 Å². The number of benzene rings is 1. The van der Waals surface area contributed by atoms with Gasteiger partial charge in [0.15, 0.2) is 0 Å². The number of hydrogen-bond acceptors (Lipinski definition) is 2. The monoisotopic (exact) mass is 300 g/mol. The van der Waals surface area contributed by atoms with Crippen LogP contribution in [0.25, 0.3) is 10.9 Å². The van der Waals surface area contributed by atoms with Gasteiger partial charge in [-0.25, -0.2) is 0 Å². The number of halogens is 1. The predicted molar refractivity (Wildman–Crippen MR) is 85.9 cm³/mol. The Morgan fingerprint density at radius 2 is 2.10 bits per heavy atom. The Labute approximate surface area is 129 Å². The summed E-state index contributed by atoms with van der Waals surface area (Å²) < 4.78 is 8.11. The first-order valence-corrected chi connectivity index (χ1v) is 7.35. The minimum absolute atomic E-state index is 0.358. The molecular formula is C17H17ClN2O. The van der Waals surface area contributed by atoms with E-state index in [2.05, 4.69) is 35.5 Å². The summed E-state index contributed by atoms with van der Waals surface area (Å²) in [5.74, 6) is 0.774. The molecule has 0 atom stereocenters. The van der Waals surface area contributed by atoms with Crippen LogP contribution in [0.3, 0.4) is 0 Å². The minimum atomic E-state index is 0.358. The van der Waals surface area contributed by atoms with E-state index < -0.39 is 0 Å². The molecule has 0 fully saturated rings. The normalized spacial score (nSPS) is 11.2. The lowest BCUT2D eigenvalue weighted by Gasteiger charge is -2.15. The number of fused-ring (bicyclic) bond motifs is 1. The zero-order valence-electron chi connectivity index (χ0n) is 12.1. The van der Waals surface area contributed by atoms with Crippen LogP contribution >= 0.6 is 11.6 Å². The molecule has 0 saturated heterocycles. The molecule has 0 aliphatic heterocycles. The molecule has 0 amide bonds. The Morgan fingerprint density at radius 3 is 2.81 bits per heavy atom. The highest BCUT2D eigenvalue weighted by Gasteiger charge is 2.12. The van der Waals surface area contributed by atoms with Gasteiger partial charge < -0.3 is 9.30 Å². The average molecular weight is 301 g/mol. The summed E-state index contributed by atoms with van der Waals surface area (Å²) >= 11 is 6.08. The highest BCUT2D eigenvalue weighted by atomic mass is 35.5. The summed E-state index contributed by atoms with van der Waals surface area (Å²) in [6.45, 7) is 4.85. The lowest BCUT2D eigenvalue weighted by Crippen LogP contribution is -2.08. The van der Waals surface area contributed by atoms with Crippen LogP contribution in [0, 0.1) is 0 Å². The van der Waals surface area contributed by atoms with E-state index in [9.17, 15) is 0 Å². The zero-order valence-corrected chi connectivity index (χ0v) is 12.8. The summed E-state index contributed by atoms with van der Waals surface area (Å²) in [5.41, 5.74) is 2.31. The lowest BCUT2D eigenvalue weighted by atomic mass is 10.2.